The third-order valence-electron chi connectivity index (χ3n) is 7.77. The van der Waals surface area contributed by atoms with E-state index < -0.39 is 12.0 Å². The number of hydrogen-bond acceptors (Lipinski definition) is 8. The number of thioether (sulfide) groups is 1. The maximum Gasteiger partial charge on any atom is 0.338 e. The van der Waals surface area contributed by atoms with Gasteiger partial charge in [-0.15, -0.1) is 0 Å². The van der Waals surface area contributed by atoms with Crippen LogP contribution in [-0.4, -0.2) is 65.0 Å². The fourth-order valence-corrected chi connectivity index (χ4v) is 6.41. The second-order valence-electron chi connectivity index (χ2n) is 10.8. The second kappa shape index (κ2) is 12.9. The van der Waals surface area contributed by atoms with Gasteiger partial charge in [0.1, 0.15) is 18.1 Å². The first-order valence-corrected chi connectivity index (χ1v) is 15.3. The van der Waals surface area contributed by atoms with E-state index in [1.54, 1.807) is 0 Å². The molecule has 1 atom stereocenters. The number of nitrogens with zero attached hydrogens (tertiary/aromatic N) is 4. The van der Waals surface area contributed by atoms with Gasteiger partial charge in [0.25, 0.3) is 0 Å². The Morgan fingerprint density at radius 2 is 1.60 bits per heavy atom. The van der Waals surface area contributed by atoms with Crippen LogP contribution in [0, 0.1) is 0 Å². The maximum atomic E-state index is 13.8. The molecule has 0 aromatic heterocycles. The van der Waals surface area contributed by atoms with E-state index in [-0.39, 0.29) is 18.9 Å². The number of carbonyl (C=O) groups is 2. The molecule has 0 saturated carbocycles. The normalized spacial score (nSPS) is 18.6. The molecule has 1 saturated heterocycles. The monoisotopic (exact) mass is 594 g/mol. The van der Waals surface area contributed by atoms with Crippen LogP contribution in [-0.2, 0) is 20.9 Å². The summed E-state index contributed by atoms with van der Waals surface area (Å²) in [6.07, 6.45) is 0.220. The van der Waals surface area contributed by atoms with E-state index in [0.717, 1.165) is 40.8 Å². The second-order valence-corrected chi connectivity index (χ2v) is 11.6. The van der Waals surface area contributed by atoms with Gasteiger partial charge in [-0.05, 0) is 54.8 Å². The number of piperazine rings is 1. The van der Waals surface area contributed by atoms with Gasteiger partial charge in [-0.3, -0.25) is 4.79 Å². The molecular weight excluding hydrogens is 560 g/mol. The van der Waals surface area contributed by atoms with Crippen molar-refractivity contribution in [3.63, 3.8) is 0 Å². The Morgan fingerprint density at radius 3 is 2.35 bits per heavy atom. The largest absolute Gasteiger partial charge is 0.457 e. The van der Waals surface area contributed by atoms with Crippen LogP contribution in [0.3, 0.4) is 0 Å². The van der Waals surface area contributed by atoms with Gasteiger partial charge in [0.2, 0.25) is 5.91 Å². The van der Waals surface area contributed by atoms with Gasteiger partial charge in [0.15, 0.2) is 5.17 Å². The lowest BCUT2D eigenvalue weighted by Crippen LogP contribution is -2.47. The van der Waals surface area contributed by atoms with Crippen molar-refractivity contribution < 1.29 is 19.1 Å². The number of amides is 1. The van der Waals surface area contributed by atoms with Gasteiger partial charge in [0, 0.05) is 31.9 Å². The van der Waals surface area contributed by atoms with E-state index in [1.807, 2.05) is 107 Å². The van der Waals surface area contributed by atoms with Gasteiger partial charge < -0.3 is 24.2 Å². The fourth-order valence-electron chi connectivity index (χ4n) is 5.44. The van der Waals surface area contributed by atoms with E-state index >= 15 is 0 Å². The first-order chi connectivity index (χ1) is 21.0. The van der Waals surface area contributed by atoms with E-state index in [0.29, 0.717) is 30.1 Å². The Kier molecular flexibility index (Phi) is 8.62. The number of likely N-dealkylation sites (N-methyl/N-ethyl adjacent to an activating group) is 1. The van der Waals surface area contributed by atoms with Crippen LogP contribution in [0.15, 0.2) is 112 Å². The lowest BCUT2D eigenvalue weighted by molar-refractivity contribution is -0.141. The molecule has 0 aliphatic carbocycles. The SMILES string of the molecule is CC1=C(C(=O)OCc2ccccc2)[C@H](c2cccc(Oc3ccccc3)c2)N2C(CC(=O)N3CCN(C)CC3)=CSC2=N1. The molecule has 0 N–H and O–H groups in total. The minimum Gasteiger partial charge on any atom is -0.457 e. The summed E-state index contributed by atoms with van der Waals surface area (Å²) >= 11 is 1.47. The number of fused-ring (bicyclic) bond motifs is 1. The number of para-hydroxylation sites is 1. The van der Waals surface area contributed by atoms with Crippen LogP contribution in [0.25, 0.3) is 0 Å². The predicted molar refractivity (Wildman–Crippen MR) is 168 cm³/mol. The van der Waals surface area contributed by atoms with Crippen molar-refractivity contribution in [2.45, 2.75) is 26.0 Å². The molecule has 3 aliphatic heterocycles. The molecule has 3 aromatic carbocycles. The molecule has 3 aromatic rings. The smallest absolute Gasteiger partial charge is 0.338 e. The molecule has 220 valence electrons. The molecule has 1 amide bonds. The number of ether oxygens (including phenoxy) is 2. The highest BCUT2D eigenvalue weighted by atomic mass is 32.2. The highest BCUT2D eigenvalue weighted by molar-refractivity contribution is 8.16. The van der Waals surface area contributed by atoms with Gasteiger partial charge in [0.05, 0.1) is 23.7 Å². The van der Waals surface area contributed by atoms with Crippen LogP contribution >= 0.6 is 11.8 Å². The zero-order valence-electron chi connectivity index (χ0n) is 24.3. The fraction of sp³-hybridized carbons (Fsp3) is 0.265. The Labute approximate surface area is 256 Å². The summed E-state index contributed by atoms with van der Waals surface area (Å²) in [7, 11) is 2.07. The zero-order chi connectivity index (χ0) is 29.8. The first kappa shape index (κ1) is 28.8. The van der Waals surface area contributed by atoms with E-state index in [9.17, 15) is 9.59 Å². The first-order valence-electron chi connectivity index (χ1n) is 14.4. The molecule has 43 heavy (non-hydrogen) atoms. The summed E-state index contributed by atoms with van der Waals surface area (Å²) in [5, 5.41) is 2.72. The molecule has 0 bridgehead atoms. The molecule has 9 heteroatoms. The minimum absolute atomic E-state index is 0.0700. The van der Waals surface area contributed by atoms with Crippen LogP contribution in [0.2, 0.25) is 0 Å². The molecule has 0 spiro atoms. The van der Waals surface area contributed by atoms with Crippen molar-refractivity contribution in [3.8, 4) is 11.5 Å². The highest BCUT2D eigenvalue weighted by Crippen LogP contribution is 2.45. The Bertz CT molecular complexity index is 1580. The summed E-state index contributed by atoms with van der Waals surface area (Å²) in [4.78, 5) is 38.3. The summed E-state index contributed by atoms with van der Waals surface area (Å²) in [6.45, 7) is 5.10. The van der Waals surface area contributed by atoms with Crippen molar-refractivity contribution in [3.05, 3.63) is 118 Å². The number of esters is 1. The molecule has 3 heterocycles. The van der Waals surface area contributed by atoms with Crippen molar-refractivity contribution >= 4 is 28.8 Å². The maximum absolute atomic E-state index is 13.8. The number of allylic oxidation sites excluding steroid dienone is 1. The lowest BCUT2D eigenvalue weighted by atomic mass is 9.93. The molecular formula is C34H34N4O4S. The van der Waals surface area contributed by atoms with Crippen LogP contribution in [0.1, 0.15) is 30.5 Å². The standard InChI is InChI=1S/C34H34N4O4S/c1-24-31(33(40)41-22-25-10-5-3-6-11-25)32(26-12-9-15-29(20-26)42-28-13-7-4-8-14-28)38-27(23-43-34(38)35-24)21-30(39)37-18-16-36(2)17-19-37/h3-15,20,23,32H,16-19,21-22H2,1-2H3/t32-/m0/s1. The van der Waals surface area contributed by atoms with Gasteiger partial charge in [-0.1, -0.05) is 72.4 Å². The van der Waals surface area contributed by atoms with Crippen molar-refractivity contribution in [1.82, 2.24) is 14.7 Å². The predicted octanol–water partition coefficient (Wildman–Crippen LogP) is 5.96. The molecule has 1 fully saturated rings. The number of rotatable bonds is 8. The number of benzene rings is 3. The number of carbonyl (C=O) groups excluding carboxylic acids is 2. The van der Waals surface area contributed by atoms with Crippen molar-refractivity contribution in [1.29, 1.82) is 0 Å². The lowest BCUT2D eigenvalue weighted by Gasteiger charge is -2.37. The Balaban J connectivity index is 1.32. The average Bonchev–Trinajstić information content (AvgIpc) is 3.42. The summed E-state index contributed by atoms with van der Waals surface area (Å²) < 4.78 is 12.0. The van der Waals surface area contributed by atoms with Crippen LogP contribution < -0.4 is 4.74 Å². The Morgan fingerprint density at radius 1 is 0.907 bits per heavy atom. The number of aliphatic imine (C=N–C) groups is 1. The molecule has 3 aliphatic rings. The van der Waals surface area contributed by atoms with E-state index in [2.05, 4.69) is 11.9 Å². The highest BCUT2D eigenvalue weighted by Gasteiger charge is 2.41. The quantitative estimate of drug-likeness (QED) is 0.298. The average molecular weight is 595 g/mol. The number of hydrogen-bond donors (Lipinski definition) is 0. The van der Waals surface area contributed by atoms with Gasteiger partial charge >= 0.3 is 5.97 Å². The van der Waals surface area contributed by atoms with Crippen molar-refractivity contribution in [2.75, 3.05) is 33.2 Å². The van der Waals surface area contributed by atoms with Gasteiger partial charge in [-0.25, -0.2) is 9.79 Å². The van der Waals surface area contributed by atoms with Crippen LogP contribution in [0.5, 0.6) is 11.5 Å². The Hall–Kier alpha value is -4.34. The zero-order valence-corrected chi connectivity index (χ0v) is 25.1. The molecule has 0 radical (unpaired) electrons. The minimum atomic E-state index is -0.545. The third kappa shape index (κ3) is 6.53. The van der Waals surface area contributed by atoms with Gasteiger partial charge in [-0.2, -0.15) is 0 Å². The molecule has 0 unspecified atom stereocenters. The molecule has 8 nitrogen and oxygen atoms in total. The topological polar surface area (TPSA) is 74.7 Å². The van der Waals surface area contributed by atoms with Crippen LogP contribution in [0.4, 0.5) is 0 Å². The summed E-state index contributed by atoms with van der Waals surface area (Å²) in [5.41, 5.74) is 3.59. The number of amidine groups is 1. The molecule has 6 rings (SSSR count). The van der Waals surface area contributed by atoms with Crippen molar-refractivity contribution in [2.24, 2.45) is 4.99 Å². The summed E-state index contributed by atoms with van der Waals surface area (Å²) in [6, 6.07) is 26.4. The third-order valence-corrected chi connectivity index (χ3v) is 8.66. The summed E-state index contributed by atoms with van der Waals surface area (Å²) in [5.74, 6) is 0.994. The van der Waals surface area contributed by atoms with E-state index in [4.69, 9.17) is 14.5 Å². The van der Waals surface area contributed by atoms with E-state index in [1.165, 1.54) is 11.8 Å².